The molecule has 2 amide bonds. The van der Waals surface area contributed by atoms with E-state index in [0.29, 0.717) is 6.54 Å². The molecule has 0 aromatic carbocycles. The molecule has 2 rings (SSSR count). The fourth-order valence-corrected chi connectivity index (χ4v) is 2.31. The number of aliphatic hydroxyl groups excluding tert-OH is 1. The van der Waals surface area contributed by atoms with Crippen molar-refractivity contribution >= 4 is 11.8 Å². The molecule has 96 valence electrons. The molecule has 1 unspecified atom stereocenters. The van der Waals surface area contributed by atoms with Gasteiger partial charge in [0.2, 0.25) is 11.8 Å². The van der Waals surface area contributed by atoms with Crippen molar-refractivity contribution in [1.82, 2.24) is 10.2 Å². The number of rotatable bonds is 3. The Bertz CT molecular complexity index is 326. The van der Waals surface area contributed by atoms with Gasteiger partial charge in [0.15, 0.2) is 0 Å². The third kappa shape index (κ3) is 2.77. The fraction of sp³-hybridized carbons (Fsp3) is 0.833. The molecule has 0 aromatic heterocycles. The predicted octanol–water partition coefficient (Wildman–Crippen LogP) is -0.114. The molecule has 0 spiro atoms. The standard InChI is InChI=1S/C12H20N2O3/c1-9(16)14-6-2-3-10(7-14)11(17)13-12(8-15)4-5-12/h10,15H,2-8H2,1H3,(H,13,17). The zero-order chi connectivity index (χ0) is 12.5. The molecule has 1 saturated carbocycles. The summed E-state index contributed by atoms with van der Waals surface area (Å²) in [5, 5.41) is 12.1. The molecule has 1 aliphatic carbocycles. The molecular weight excluding hydrogens is 220 g/mol. The van der Waals surface area contributed by atoms with Crippen molar-refractivity contribution in [3.05, 3.63) is 0 Å². The summed E-state index contributed by atoms with van der Waals surface area (Å²) in [5.41, 5.74) is -0.352. The summed E-state index contributed by atoms with van der Waals surface area (Å²) in [6.07, 6.45) is 3.43. The monoisotopic (exact) mass is 240 g/mol. The quantitative estimate of drug-likeness (QED) is 0.723. The van der Waals surface area contributed by atoms with Crippen LogP contribution in [0.3, 0.4) is 0 Å². The topological polar surface area (TPSA) is 69.6 Å². The smallest absolute Gasteiger partial charge is 0.225 e. The molecule has 1 aliphatic heterocycles. The Labute approximate surface area is 101 Å². The summed E-state index contributed by atoms with van der Waals surface area (Å²) < 4.78 is 0. The Morgan fingerprint density at radius 1 is 1.47 bits per heavy atom. The zero-order valence-corrected chi connectivity index (χ0v) is 10.2. The predicted molar refractivity (Wildman–Crippen MR) is 62.2 cm³/mol. The first kappa shape index (κ1) is 12.4. The van der Waals surface area contributed by atoms with Gasteiger partial charge in [-0.15, -0.1) is 0 Å². The molecule has 5 nitrogen and oxygen atoms in total. The molecule has 0 radical (unpaired) electrons. The molecule has 2 fully saturated rings. The molecule has 2 aliphatic rings. The number of amides is 2. The number of hydrogen-bond acceptors (Lipinski definition) is 3. The van der Waals surface area contributed by atoms with E-state index in [2.05, 4.69) is 5.32 Å². The number of likely N-dealkylation sites (tertiary alicyclic amines) is 1. The summed E-state index contributed by atoms with van der Waals surface area (Å²) in [5.74, 6) is -0.0926. The average Bonchev–Trinajstić information content (AvgIpc) is 3.09. The largest absolute Gasteiger partial charge is 0.394 e. The van der Waals surface area contributed by atoms with Crippen molar-refractivity contribution in [1.29, 1.82) is 0 Å². The zero-order valence-electron chi connectivity index (χ0n) is 10.2. The second kappa shape index (κ2) is 4.64. The van der Waals surface area contributed by atoms with Crippen LogP contribution in [0.5, 0.6) is 0 Å². The van der Waals surface area contributed by atoms with Gasteiger partial charge in [0.25, 0.3) is 0 Å². The molecule has 0 aromatic rings. The molecule has 1 saturated heterocycles. The third-order valence-electron chi connectivity index (χ3n) is 3.78. The van der Waals surface area contributed by atoms with Crippen LogP contribution in [0.15, 0.2) is 0 Å². The Hall–Kier alpha value is -1.10. The van der Waals surface area contributed by atoms with Gasteiger partial charge in [-0.3, -0.25) is 9.59 Å². The highest BCUT2D eigenvalue weighted by Crippen LogP contribution is 2.35. The second-order valence-corrected chi connectivity index (χ2v) is 5.23. The number of carbonyl (C=O) groups excluding carboxylic acids is 2. The minimum absolute atomic E-state index is 0.0116. The van der Waals surface area contributed by atoms with Gasteiger partial charge in [0, 0.05) is 20.0 Å². The van der Waals surface area contributed by atoms with Crippen molar-refractivity contribution in [2.24, 2.45) is 5.92 Å². The first-order valence-corrected chi connectivity index (χ1v) is 6.25. The van der Waals surface area contributed by atoms with Crippen molar-refractivity contribution in [3.63, 3.8) is 0 Å². The molecule has 1 atom stereocenters. The van der Waals surface area contributed by atoms with Gasteiger partial charge in [0.05, 0.1) is 18.1 Å². The highest BCUT2D eigenvalue weighted by atomic mass is 16.3. The van der Waals surface area contributed by atoms with Gasteiger partial charge in [0.1, 0.15) is 0 Å². The van der Waals surface area contributed by atoms with Crippen molar-refractivity contribution in [2.45, 2.75) is 38.1 Å². The van der Waals surface area contributed by atoms with E-state index in [4.69, 9.17) is 5.11 Å². The van der Waals surface area contributed by atoms with Gasteiger partial charge in [-0.05, 0) is 25.7 Å². The van der Waals surface area contributed by atoms with Gasteiger partial charge in [-0.1, -0.05) is 0 Å². The van der Waals surface area contributed by atoms with E-state index in [1.165, 1.54) is 6.92 Å². The lowest BCUT2D eigenvalue weighted by Crippen LogP contribution is -2.48. The fourth-order valence-electron chi connectivity index (χ4n) is 2.31. The number of piperidine rings is 1. The number of nitrogens with zero attached hydrogens (tertiary/aromatic N) is 1. The third-order valence-corrected chi connectivity index (χ3v) is 3.78. The molecule has 2 N–H and O–H groups in total. The molecule has 0 bridgehead atoms. The molecule has 1 heterocycles. The van der Waals surface area contributed by atoms with E-state index in [0.717, 1.165) is 32.2 Å². The van der Waals surface area contributed by atoms with Gasteiger partial charge in [-0.25, -0.2) is 0 Å². The second-order valence-electron chi connectivity index (χ2n) is 5.23. The van der Waals surface area contributed by atoms with Crippen LogP contribution >= 0.6 is 0 Å². The maximum atomic E-state index is 12.0. The van der Waals surface area contributed by atoms with E-state index in [1.54, 1.807) is 4.90 Å². The lowest BCUT2D eigenvalue weighted by Gasteiger charge is -2.32. The number of nitrogens with one attached hydrogen (secondary N) is 1. The Kier molecular flexibility index (Phi) is 3.38. The van der Waals surface area contributed by atoms with Gasteiger partial charge < -0.3 is 15.3 Å². The number of carbonyl (C=O) groups is 2. The molecular formula is C12H20N2O3. The van der Waals surface area contributed by atoms with Crippen LogP contribution in [-0.2, 0) is 9.59 Å². The van der Waals surface area contributed by atoms with Crippen LogP contribution in [0.1, 0.15) is 32.6 Å². The maximum absolute atomic E-state index is 12.0. The van der Waals surface area contributed by atoms with E-state index in [1.807, 2.05) is 0 Å². The number of hydrogen-bond donors (Lipinski definition) is 2. The summed E-state index contributed by atoms with van der Waals surface area (Å²) in [7, 11) is 0. The molecule has 5 heteroatoms. The normalized spacial score (nSPS) is 26.5. The van der Waals surface area contributed by atoms with Crippen LogP contribution in [0, 0.1) is 5.92 Å². The van der Waals surface area contributed by atoms with Crippen LogP contribution in [0.2, 0.25) is 0 Å². The summed E-state index contributed by atoms with van der Waals surface area (Å²) >= 11 is 0. The summed E-state index contributed by atoms with van der Waals surface area (Å²) in [6.45, 7) is 2.82. The van der Waals surface area contributed by atoms with Crippen LogP contribution in [0.25, 0.3) is 0 Å². The highest BCUT2D eigenvalue weighted by Gasteiger charge is 2.44. The Morgan fingerprint density at radius 2 is 2.18 bits per heavy atom. The lowest BCUT2D eigenvalue weighted by molar-refractivity contribution is -0.134. The first-order chi connectivity index (χ1) is 8.06. The minimum Gasteiger partial charge on any atom is -0.394 e. The summed E-state index contributed by atoms with van der Waals surface area (Å²) in [6, 6.07) is 0. The lowest BCUT2D eigenvalue weighted by atomic mass is 9.96. The highest BCUT2D eigenvalue weighted by molar-refractivity contribution is 5.81. The summed E-state index contributed by atoms with van der Waals surface area (Å²) in [4.78, 5) is 25.0. The van der Waals surface area contributed by atoms with Crippen molar-refractivity contribution in [3.8, 4) is 0 Å². The van der Waals surface area contributed by atoms with Crippen molar-refractivity contribution < 1.29 is 14.7 Å². The molecule has 17 heavy (non-hydrogen) atoms. The van der Waals surface area contributed by atoms with E-state index in [-0.39, 0.29) is 29.9 Å². The van der Waals surface area contributed by atoms with Crippen molar-refractivity contribution in [2.75, 3.05) is 19.7 Å². The SMILES string of the molecule is CC(=O)N1CCCC(C(=O)NC2(CO)CC2)C1. The van der Waals surface area contributed by atoms with Crippen LogP contribution < -0.4 is 5.32 Å². The van der Waals surface area contributed by atoms with Crippen LogP contribution in [0.4, 0.5) is 0 Å². The van der Waals surface area contributed by atoms with Gasteiger partial charge in [-0.2, -0.15) is 0 Å². The Morgan fingerprint density at radius 3 is 2.71 bits per heavy atom. The Balaban J connectivity index is 1.88. The first-order valence-electron chi connectivity index (χ1n) is 6.25. The van der Waals surface area contributed by atoms with E-state index >= 15 is 0 Å². The van der Waals surface area contributed by atoms with E-state index in [9.17, 15) is 9.59 Å². The average molecular weight is 240 g/mol. The van der Waals surface area contributed by atoms with Gasteiger partial charge >= 0.3 is 0 Å². The van der Waals surface area contributed by atoms with Crippen LogP contribution in [-0.4, -0.2) is 47.1 Å². The number of aliphatic hydroxyl groups is 1. The van der Waals surface area contributed by atoms with E-state index < -0.39 is 0 Å². The maximum Gasteiger partial charge on any atom is 0.225 e. The minimum atomic E-state index is -0.352.